The number of aromatic nitrogens is 1. The number of furan rings is 1. The van der Waals surface area contributed by atoms with Gasteiger partial charge < -0.3 is 13.7 Å². The molecule has 2 aromatic heterocycles. The number of nitrogens with zero attached hydrogens (tertiary/aromatic N) is 2. The van der Waals surface area contributed by atoms with E-state index in [1.807, 2.05) is 11.0 Å². The minimum atomic E-state index is 0.0185. The van der Waals surface area contributed by atoms with Gasteiger partial charge in [0.2, 0.25) is 5.91 Å². The molecular formula is C19H26N2O3. The molecule has 2 aromatic rings. The molecule has 1 fully saturated rings. The summed E-state index contributed by atoms with van der Waals surface area (Å²) in [5, 5.41) is 0. The quantitative estimate of drug-likeness (QED) is 0.859. The van der Waals surface area contributed by atoms with Gasteiger partial charge in [-0.3, -0.25) is 4.79 Å². The highest BCUT2D eigenvalue weighted by Gasteiger charge is 2.25. The number of hydrogen-bond donors (Lipinski definition) is 0. The van der Waals surface area contributed by atoms with Crippen LogP contribution in [0.1, 0.15) is 50.8 Å². The molecule has 0 spiro atoms. The second-order valence-corrected chi connectivity index (χ2v) is 7.71. The van der Waals surface area contributed by atoms with Crippen LogP contribution in [0.15, 0.2) is 33.7 Å². The average Bonchev–Trinajstić information content (AvgIpc) is 3.19. The lowest BCUT2D eigenvalue weighted by atomic mass is 9.92. The van der Waals surface area contributed by atoms with Crippen LogP contribution in [0.4, 0.5) is 0 Å². The first-order chi connectivity index (χ1) is 11.4. The van der Waals surface area contributed by atoms with Crippen molar-refractivity contribution in [3.05, 3.63) is 42.0 Å². The molecule has 0 unspecified atom stereocenters. The van der Waals surface area contributed by atoms with Crippen molar-refractivity contribution in [3.8, 4) is 0 Å². The highest BCUT2D eigenvalue weighted by atomic mass is 16.3. The normalized spacial score (nSPS) is 16.5. The Morgan fingerprint density at radius 2 is 2.04 bits per heavy atom. The van der Waals surface area contributed by atoms with E-state index in [1.54, 1.807) is 18.8 Å². The molecule has 1 amide bonds. The number of carbonyl (C=O) groups excluding carboxylic acids is 1. The number of oxazole rings is 1. The van der Waals surface area contributed by atoms with Gasteiger partial charge in [-0.15, -0.1) is 0 Å². The highest BCUT2D eigenvalue weighted by molar-refractivity contribution is 5.78. The second kappa shape index (κ2) is 6.83. The van der Waals surface area contributed by atoms with Crippen molar-refractivity contribution in [2.24, 2.45) is 5.92 Å². The maximum atomic E-state index is 12.3. The van der Waals surface area contributed by atoms with Crippen molar-refractivity contribution in [1.82, 2.24) is 9.88 Å². The Morgan fingerprint density at radius 3 is 2.62 bits per heavy atom. The summed E-state index contributed by atoms with van der Waals surface area (Å²) in [6, 6.07) is 1.85. The summed E-state index contributed by atoms with van der Waals surface area (Å²) in [5.41, 5.74) is 1.96. The molecule has 3 heterocycles. The molecule has 0 radical (unpaired) electrons. The van der Waals surface area contributed by atoms with Crippen molar-refractivity contribution in [2.45, 2.75) is 51.9 Å². The monoisotopic (exact) mass is 330 g/mol. The average molecular weight is 330 g/mol. The topological polar surface area (TPSA) is 59.5 Å². The van der Waals surface area contributed by atoms with Gasteiger partial charge in [0.1, 0.15) is 6.26 Å². The number of piperidine rings is 1. The zero-order valence-corrected chi connectivity index (χ0v) is 14.7. The molecule has 0 aromatic carbocycles. The molecule has 0 atom stereocenters. The lowest BCUT2D eigenvalue weighted by molar-refractivity contribution is -0.131. The van der Waals surface area contributed by atoms with Crippen LogP contribution in [0.3, 0.4) is 0 Å². The predicted octanol–water partition coefficient (Wildman–Crippen LogP) is 3.59. The Morgan fingerprint density at radius 1 is 1.29 bits per heavy atom. The molecule has 0 N–H and O–H groups in total. The van der Waals surface area contributed by atoms with E-state index in [0.717, 1.165) is 49.5 Å². The number of likely N-dealkylation sites (tertiary alicyclic amines) is 1. The Kier molecular flexibility index (Phi) is 4.78. The fraction of sp³-hybridized carbons (Fsp3) is 0.579. The van der Waals surface area contributed by atoms with Gasteiger partial charge in [-0.05, 0) is 30.4 Å². The summed E-state index contributed by atoms with van der Waals surface area (Å²) in [5.74, 6) is 1.54. The van der Waals surface area contributed by atoms with Gasteiger partial charge in [0.25, 0.3) is 0 Å². The summed E-state index contributed by atoms with van der Waals surface area (Å²) < 4.78 is 10.7. The number of amides is 1. The summed E-state index contributed by atoms with van der Waals surface area (Å²) in [4.78, 5) is 18.9. The van der Waals surface area contributed by atoms with Crippen LogP contribution in [-0.4, -0.2) is 28.9 Å². The fourth-order valence-electron chi connectivity index (χ4n) is 3.06. The largest absolute Gasteiger partial charge is 0.472 e. The van der Waals surface area contributed by atoms with Gasteiger partial charge >= 0.3 is 0 Å². The van der Waals surface area contributed by atoms with E-state index >= 15 is 0 Å². The molecule has 130 valence electrons. The SMILES string of the molecule is CC(C)(C)c1coc(CC2CCN(C(=O)Cc3ccoc3)CC2)n1. The minimum Gasteiger partial charge on any atom is -0.472 e. The number of hydrogen-bond acceptors (Lipinski definition) is 4. The predicted molar refractivity (Wildman–Crippen MR) is 90.6 cm³/mol. The third-order valence-corrected chi connectivity index (χ3v) is 4.69. The third kappa shape index (κ3) is 4.08. The molecule has 5 nitrogen and oxygen atoms in total. The standard InChI is InChI=1S/C19H26N2O3/c1-19(2,3)16-13-24-17(20-16)10-14-4-7-21(8-5-14)18(22)11-15-6-9-23-12-15/h6,9,12-14H,4-5,7-8,10-11H2,1-3H3. The summed E-state index contributed by atoms with van der Waals surface area (Å²) >= 11 is 0. The van der Waals surface area contributed by atoms with Gasteiger partial charge in [-0.1, -0.05) is 20.8 Å². The van der Waals surface area contributed by atoms with Gasteiger partial charge in [-0.25, -0.2) is 4.98 Å². The van der Waals surface area contributed by atoms with Crippen LogP contribution in [0, 0.1) is 5.92 Å². The minimum absolute atomic E-state index is 0.0185. The van der Waals surface area contributed by atoms with Crippen molar-refractivity contribution < 1.29 is 13.6 Å². The van der Waals surface area contributed by atoms with Crippen molar-refractivity contribution in [2.75, 3.05) is 13.1 Å². The smallest absolute Gasteiger partial charge is 0.227 e. The van der Waals surface area contributed by atoms with Gasteiger partial charge in [-0.2, -0.15) is 0 Å². The zero-order chi connectivity index (χ0) is 17.2. The summed E-state index contributed by atoms with van der Waals surface area (Å²) in [6.07, 6.45) is 8.32. The summed E-state index contributed by atoms with van der Waals surface area (Å²) in [6.45, 7) is 8.04. The lowest BCUT2D eigenvalue weighted by Gasteiger charge is -2.31. The van der Waals surface area contributed by atoms with E-state index in [-0.39, 0.29) is 11.3 Å². The Hall–Kier alpha value is -2.04. The van der Waals surface area contributed by atoms with Crippen LogP contribution < -0.4 is 0 Å². The maximum Gasteiger partial charge on any atom is 0.227 e. The van der Waals surface area contributed by atoms with E-state index in [1.165, 1.54) is 0 Å². The third-order valence-electron chi connectivity index (χ3n) is 4.69. The molecule has 1 aliphatic heterocycles. The van der Waals surface area contributed by atoms with Gasteiger partial charge in [0, 0.05) is 24.9 Å². The first-order valence-electron chi connectivity index (χ1n) is 8.65. The van der Waals surface area contributed by atoms with E-state index in [4.69, 9.17) is 8.83 Å². The summed E-state index contributed by atoms with van der Waals surface area (Å²) in [7, 11) is 0. The van der Waals surface area contributed by atoms with Crippen molar-refractivity contribution in [1.29, 1.82) is 0 Å². The maximum absolute atomic E-state index is 12.3. The van der Waals surface area contributed by atoms with E-state index in [0.29, 0.717) is 12.3 Å². The molecule has 0 bridgehead atoms. The van der Waals surface area contributed by atoms with Crippen molar-refractivity contribution >= 4 is 5.91 Å². The van der Waals surface area contributed by atoms with Gasteiger partial charge in [0.05, 0.1) is 24.6 Å². The lowest BCUT2D eigenvalue weighted by Crippen LogP contribution is -2.39. The van der Waals surface area contributed by atoms with E-state index in [9.17, 15) is 4.79 Å². The van der Waals surface area contributed by atoms with Crippen LogP contribution in [-0.2, 0) is 23.1 Å². The molecule has 24 heavy (non-hydrogen) atoms. The molecule has 1 aliphatic rings. The fourth-order valence-corrected chi connectivity index (χ4v) is 3.06. The number of rotatable bonds is 4. The van der Waals surface area contributed by atoms with Crippen LogP contribution >= 0.6 is 0 Å². The van der Waals surface area contributed by atoms with Crippen molar-refractivity contribution in [3.63, 3.8) is 0 Å². The second-order valence-electron chi connectivity index (χ2n) is 7.71. The van der Waals surface area contributed by atoms with E-state index < -0.39 is 0 Å². The van der Waals surface area contributed by atoms with Crippen LogP contribution in [0.25, 0.3) is 0 Å². The van der Waals surface area contributed by atoms with Gasteiger partial charge in [0.15, 0.2) is 5.89 Å². The molecule has 5 heteroatoms. The first kappa shape index (κ1) is 16.8. The molecule has 0 saturated carbocycles. The molecule has 0 aliphatic carbocycles. The Balaban J connectivity index is 1.48. The Bertz CT molecular complexity index is 659. The molecular weight excluding hydrogens is 304 g/mol. The molecule has 1 saturated heterocycles. The molecule has 3 rings (SSSR count). The number of carbonyl (C=O) groups is 1. The Labute approximate surface area is 143 Å². The highest BCUT2D eigenvalue weighted by Crippen LogP contribution is 2.25. The zero-order valence-electron chi connectivity index (χ0n) is 14.7. The first-order valence-corrected chi connectivity index (χ1v) is 8.65. The van der Waals surface area contributed by atoms with Crippen LogP contribution in [0.2, 0.25) is 0 Å². The van der Waals surface area contributed by atoms with Crippen LogP contribution in [0.5, 0.6) is 0 Å². The van der Waals surface area contributed by atoms with E-state index in [2.05, 4.69) is 25.8 Å².